The van der Waals surface area contributed by atoms with Gasteiger partial charge in [-0.25, -0.2) is 13.2 Å². The lowest BCUT2D eigenvalue weighted by Gasteiger charge is -2.20. The molecule has 1 aromatic rings. The number of methoxy groups -OCH3 is 1. The first-order valence-electron chi connectivity index (χ1n) is 5.77. The Kier molecular flexibility index (Phi) is 3.40. The highest BCUT2D eigenvalue weighted by Gasteiger charge is 2.35. The minimum atomic E-state index is -3.40. The zero-order chi connectivity index (χ0) is 14.2. The lowest BCUT2D eigenvalue weighted by molar-refractivity contribution is 0.0697. The van der Waals surface area contributed by atoms with Crippen molar-refractivity contribution < 1.29 is 23.1 Å². The van der Waals surface area contributed by atoms with Gasteiger partial charge in [-0.15, -0.1) is 0 Å². The molecule has 0 aromatic heterocycles. The van der Waals surface area contributed by atoms with E-state index in [1.165, 1.54) is 29.6 Å². The number of carboxylic acid groups (broad SMARTS) is 1. The van der Waals surface area contributed by atoms with Crippen molar-refractivity contribution in [3.05, 3.63) is 23.8 Å². The maximum atomic E-state index is 12.0. The predicted molar refractivity (Wildman–Crippen MR) is 70.3 cm³/mol. The molecule has 0 amide bonds. The fourth-order valence-corrected chi connectivity index (χ4v) is 4.09. The molecule has 19 heavy (non-hydrogen) atoms. The number of aromatic carboxylic acids is 1. The van der Waals surface area contributed by atoms with Gasteiger partial charge >= 0.3 is 5.97 Å². The summed E-state index contributed by atoms with van der Waals surface area (Å²) in [4.78, 5) is 11.0. The highest BCUT2D eigenvalue weighted by Crippen LogP contribution is 2.35. The van der Waals surface area contributed by atoms with Gasteiger partial charge in [0, 0.05) is 6.54 Å². The second kappa shape index (κ2) is 4.73. The third-order valence-corrected chi connectivity index (χ3v) is 5.01. The van der Waals surface area contributed by atoms with E-state index in [-0.39, 0.29) is 22.9 Å². The Morgan fingerprint density at radius 1 is 1.47 bits per heavy atom. The van der Waals surface area contributed by atoms with Gasteiger partial charge in [-0.1, -0.05) is 6.92 Å². The summed E-state index contributed by atoms with van der Waals surface area (Å²) in [6.45, 7) is 2.17. The van der Waals surface area contributed by atoms with Crippen molar-refractivity contribution in [3.8, 4) is 5.75 Å². The molecular formula is C12H15NO5S. The number of benzene rings is 1. The molecule has 0 bridgehead atoms. The number of anilines is 1. The number of ether oxygens (including phenoxy) is 1. The highest BCUT2D eigenvalue weighted by atomic mass is 32.2. The topological polar surface area (TPSA) is 83.9 Å². The average molecular weight is 285 g/mol. The molecular weight excluding hydrogens is 270 g/mol. The summed E-state index contributed by atoms with van der Waals surface area (Å²) < 4.78 is 30.4. The van der Waals surface area contributed by atoms with E-state index in [9.17, 15) is 13.2 Å². The van der Waals surface area contributed by atoms with Crippen LogP contribution in [0, 0.1) is 5.92 Å². The van der Waals surface area contributed by atoms with Crippen LogP contribution in [0.3, 0.4) is 0 Å². The van der Waals surface area contributed by atoms with E-state index < -0.39 is 16.0 Å². The van der Waals surface area contributed by atoms with E-state index >= 15 is 0 Å². The van der Waals surface area contributed by atoms with Crippen LogP contribution in [0.25, 0.3) is 0 Å². The first-order valence-corrected chi connectivity index (χ1v) is 7.38. The van der Waals surface area contributed by atoms with E-state index in [0.717, 1.165) is 0 Å². The van der Waals surface area contributed by atoms with Gasteiger partial charge in [-0.05, 0) is 24.1 Å². The van der Waals surface area contributed by atoms with Gasteiger partial charge in [0.05, 0.1) is 24.1 Å². The van der Waals surface area contributed by atoms with Crippen molar-refractivity contribution in [2.24, 2.45) is 5.92 Å². The summed E-state index contributed by atoms with van der Waals surface area (Å²) in [7, 11) is -1.98. The molecule has 1 unspecified atom stereocenters. The van der Waals surface area contributed by atoms with Gasteiger partial charge in [0.2, 0.25) is 10.0 Å². The molecule has 0 saturated carbocycles. The summed E-state index contributed by atoms with van der Waals surface area (Å²) in [5.41, 5.74) is 0.317. The van der Waals surface area contributed by atoms with Crippen LogP contribution in [0.15, 0.2) is 18.2 Å². The van der Waals surface area contributed by atoms with E-state index in [0.29, 0.717) is 12.3 Å². The fourth-order valence-electron chi connectivity index (χ4n) is 2.16. The van der Waals surface area contributed by atoms with E-state index in [2.05, 4.69) is 0 Å². The fraction of sp³-hybridized carbons (Fsp3) is 0.417. The number of rotatable bonds is 3. The number of carboxylic acids is 1. The van der Waals surface area contributed by atoms with Crippen LogP contribution in [-0.4, -0.2) is 38.9 Å². The number of hydrogen-bond donors (Lipinski definition) is 1. The first-order chi connectivity index (χ1) is 8.85. The molecule has 1 N–H and O–H groups in total. The molecule has 1 heterocycles. The van der Waals surface area contributed by atoms with Crippen molar-refractivity contribution in [1.82, 2.24) is 0 Å². The number of nitrogens with zero attached hydrogens (tertiary/aromatic N) is 1. The van der Waals surface area contributed by atoms with Gasteiger partial charge < -0.3 is 9.84 Å². The third kappa shape index (κ3) is 2.51. The largest absolute Gasteiger partial charge is 0.495 e. The van der Waals surface area contributed by atoms with E-state index in [4.69, 9.17) is 9.84 Å². The summed E-state index contributed by atoms with van der Waals surface area (Å²) in [6, 6.07) is 4.19. The van der Waals surface area contributed by atoms with Gasteiger partial charge in [0.25, 0.3) is 0 Å². The molecule has 0 aliphatic carbocycles. The molecule has 1 saturated heterocycles. The maximum absolute atomic E-state index is 12.0. The number of carbonyl (C=O) groups is 1. The van der Waals surface area contributed by atoms with Gasteiger partial charge in [-0.2, -0.15) is 0 Å². The van der Waals surface area contributed by atoms with Crippen molar-refractivity contribution >= 4 is 21.7 Å². The Labute approximate surface area is 111 Å². The maximum Gasteiger partial charge on any atom is 0.335 e. The lowest BCUT2D eigenvalue weighted by atomic mass is 10.1. The van der Waals surface area contributed by atoms with Gasteiger partial charge in [-0.3, -0.25) is 4.31 Å². The van der Waals surface area contributed by atoms with Crippen LogP contribution >= 0.6 is 0 Å². The summed E-state index contributed by atoms with van der Waals surface area (Å²) >= 11 is 0. The van der Waals surface area contributed by atoms with Crippen LogP contribution in [-0.2, 0) is 10.0 Å². The lowest BCUT2D eigenvalue weighted by Crippen LogP contribution is -2.26. The van der Waals surface area contributed by atoms with Crippen LogP contribution in [0.4, 0.5) is 5.69 Å². The molecule has 104 valence electrons. The van der Waals surface area contributed by atoms with Crippen molar-refractivity contribution in [3.63, 3.8) is 0 Å². The Bertz CT molecular complexity index is 611. The molecule has 1 aliphatic heterocycles. The smallest absolute Gasteiger partial charge is 0.335 e. The molecule has 1 aromatic carbocycles. The zero-order valence-corrected chi connectivity index (χ0v) is 11.5. The Morgan fingerprint density at radius 2 is 2.16 bits per heavy atom. The third-order valence-electron chi connectivity index (χ3n) is 3.00. The first kappa shape index (κ1) is 13.7. The van der Waals surface area contributed by atoms with Crippen molar-refractivity contribution in [1.29, 1.82) is 0 Å². The minimum absolute atomic E-state index is 0.00295. The summed E-state index contributed by atoms with van der Waals surface area (Å²) in [5.74, 6) is -0.688. The molecule has 2 rings (SSSR count). The summed E-state index contributed by atoms with van der Waals surface area (Å²) in [6.07, 6.45) is 0. The average Bonchev–Trinajstić information content (AvgIpc) is 2.61. The second-order valence-corrected chi connectivity index (χ2v) is 6.54. The molecule has 0 spiro atoms. The minimum Gasteiger partial charge on any atom is -0.495 e. The predicted octanol–water partition coefficient (Wildman–Crippen LogP) is 1.18. The van der Waals surface area contributed by atoms with Gasteiger partial charge in [0.15, 0.2) is 0 Å². The van der Waals surface area contributed by atoms with Crippen LogP contribution < -0.4 is 9.04 Å². The standard InChI is InChI=1S/C12H15NO5S/c1-8-6-13(19(16,17)7-8)10-5-9(12(14)15)3-4-11(10)18-2/h3-5,8H,6-7H2,1-2H3,(H,14,15). The molecule has 1 fully saturated rings. The SMILES string of the molecule is COc1ccc(C(=O)O)cc1N1CC(C)CS1(=O)=O. The Hall–Kier alpha value is -1.76. The molecule has 6 nitrogen and oxygen atoms in total. The second-order valence-electron chi connectivity index (χ2n) is 4.61. The molecule has 1 atom stereocenters. The number of sulfonamides is 1. The zero-order valence-electron chi connectivity index (χ0n) is 10.7. The molecule has 0 radical (unpaired) electrons. The van der Waals surface area contributed by atoms with E-state index in [1.54, 1.807) is 0 Å². The van der Waals surface area contributed by atoms with Crippen LogP contribution in [0.2, 0.25) is 0 Å². The normalized spacial score (nSPS) is 21.4. The summed E-state index contributed by atoms with van der Waals surface area (Å²) in [5, 5.41) is 8.99. The van der Waals surface area contributed by atoms with Crippen LogP contribution in [0.5, 0.6) is 5.75 Å². The number of hydrogen-bond acceptors (Lipinski definition) is 4. The van der Waals surface area contributed by atoms with E-state index in [1.807, 2.05) is 6.92 Å². The van der Waals surface area contributed by atoms with Gasteiger partial charge in [0.1, 0.15) is 5.75 Å². The Balaban J connectivity index is 2.54. The molecule has 1 aliphatic rings. The van der Waals surface area contributed by atoms with Crippen LogP contribution in [0.1, 0.15) is 17.3 Å². The monoisotopic (exact) mass is 285 g/mol. The highest BCUT2D eigenvalue weighted by molar-refractivity contribution is 7.93. The Morgan fingerprint density at radius 3 is 2.63 bits per heavy atom. The quantitative estimate of drug-likeness (QED) is 0.901. The van der Waals surface area contributed by atoms with Crippen molar-refractivity contribution in [2.75, 3.05) is 23.7 Å². The van der Waals surface area contributed by atoms with Crippen molar-refractivity contribution in [2.45, 2.75) is 6.92 Å². The molecule has 7 heteroatoms.